The molecule has 24 heavy (non-hydrogen) atoms. The van der Waals surface area contributed by atoms with E-state index in [1.165, 1.54) is 5.56 Å². The maximum absolute atomic E-state index is 12.5. The summed E-state index contributed by atoms with van der Waals surface area (Å²) in [4.78, 5) is 12.5. The van der Waals surface area contributed by atoms with E-state index in [0.29, 0.717) is 32.8 Å². The third-order valence-corrected chi connectivity index (χ3v) is 4.41. The fourth-order valence-electron chi connectivity index (χ4n) is 2.34. The minimum atomic E-state index is -0.256. The third-order valence-electron chi connectivity index (χ3n) is 3.68. The van der Waals surface area contributed by atoms with Gasteiger partial charge in [0.25, 0.3) is 5.91 Å². The van der Waals surface area contributed by atoms with Crippen LogP contribution < -0.4 is 5.32 Å². The van der Waals surface area contributed by atoms with Gasteiger partial charge in [-0.2, -0.15) is 0 Å². The van der Waals surface area contributed by atoms with Gasteiger partial charge in [0, 0.05) is 11.3 Å². The molecule has 0 atom stereocenters. The number of hydrogen-bond donors (Lipinski definition) is 1. The third kappa shape index (κ3) is 3.48. The molecule has 1 aromatic heterocycles. The standard InChI is InChI=1S/C19H15Cl2NO2/c1-11-3-5-13(6-4-11)18-10-15(12(2)24-18)19(23)22-14-7-8-16(20)17(21)9-14/h3-10H,1-2H3,(H,22,23). The number of benzene rings is 2. The fraction of sp³-hybridized carbons (Fsp3) is 0.105. The Balaban J connectivity index is 1.85. The second-order valence-corrected chi connectivity index (χ2v) is 6.34. The molecule has 0 aliphatic carbocycles. The molecular weight excluding hydrogens is 345 g/mol. The van der Waals surface area contributed by atoms with Crippen LogP contribution in [0.15, 0.2) is 52.9 Å². The summed E-state index contributed by atoms with van der Waals surface area (Å²) in [7, 11) is 0. The van der Waals surface area contributed by atoms with Gasteiger partial charge >= 0.3 is 0 Å². The van der Waals surface area contributed by atoms with Gasteiger partial charge in [-0.15, -0.1) is 0 Å². The second-order valence-electron chi connectivity index (χ2n) is 5.53. The number of carbonyl (C=O) groups is 1. The summed E-state index contributed by atoms with van der Waals surface area (Å²) < 4.78 is 5.73. The number of amides is 1. The molecule has 0 fully saturated rings. The molecule has 3 rings (SSSR count). The first-order chi connectivity index (χ1) is 11.4. The van der Waals surface area contributed by atoms with E-state index in [2.05, 4.69) is 5.32 Å². The SMILES string of the molecule is Cc1ccc(-c2cc(C(=O)Nc3ccc(Cl)c(Cl)c3)c(C)o2)cc1. The summed E-state index contributed by atoms with van der Waals surface area (Å²) in [6.45, 7) is 3.79. The normalized spacial score (nSPS) is 10.7. The number of carbonyl (C=O) groups excluding carboxylic acids is 1. The molecule has 0 spiro atoms. The van der Waals surface area contributed by atoms with Crippen molar-refractivity contribution in [3.05, 3.63) is 75.5 Å². The van der Waals surface area contributed by atoms with E-state index in [1.54, 1.807) is 31.2 Å². The van der Waals surface area contributed by atoms with Gasteiger partial charge in [-0.05, 0) is 38.1 Å². The van der Waals surface area contributed by atoms with Crippen molar-refractivity contribution >= 4 is 34.8 Å². The zero-order valence-corrected chi connectivity index (χ0v) is 14.7. The largest absolute Gasteiger partial charge is 0.461 e. The molecule has 0 unspecified atom stereocenters. The maximum Gasteiger partial charge on any atom is 0.259 e. The van der Waals surface area contributed by atoms with Crippen LogP contribution in [0.3, 0.4) is 0 Å². The molecule has 0 bridgehead atoms. The smallest absolute Gasteiger partial charge is 0.259 e. The van der Waals surface area contributed by atoms with Crippen molar-refractivity contribution in [3.8, 4) is 11.3 Å². The highest BCUT2D eigenvalue weighted by Crippen LogP contribution is 2.28. The summed E-state index contributed by atoms with van der Waals surface area (Å²) in [5.41, 5.74) is 3.15. The number of nitrogens with one attached hydrogen (secondary N) is 1. The van der Waals surface area contributed by atoms with Crippen molar-refractivity contribution in [3.63, 3.8) is 0 Å². The van der Waals surface area contributed by atoms with Crippen molar-refractivity contribution in [1.29, 1.82) is 0 Å². The first kappa shape index (κ1) is 16.6. The molecule has 1 amide bonds. The highest BCUT2D eigenvalue weighted by Gasteiger charge is 2.16. The molecule has 2 aromatic carbocycles. The minimum Gasteiger partial charge on any atom is -0.461 e. The first-order valence-corrected chi connectivity index (χ1v) is 8.13. The molecule has 1 heterocycles. The Morgan fingerprint density at radius 3 is 2.33 bits per heavy atom. The molecule has 0 aliphatic heterocycles. The number of furan rings is 1. The maximum atomic E-state index is 12.5. The minimum absolute atomic E-state index is 0.256. The summed E-state index contributed by atoms with van der Waals surface area (Å²) in [5.74, 6) is 0.961. The molecular formula is C19H15Cl2NO2. The highest BCUT2D eigenvalue weighted by molar-refractivity contribution is 6.42. The average molecular weight is 360 g/mol. The summed E-state index contributed by atoms with van der Waals surface area (Å²) >= 11 is 11.9. The lowest BCUT2D eigenvalue weighted by Gasteiger charge is -2.05. The van der Waals surface area contributed by atoms with Crippen molar-refractivity contribution in [2.24, 2.45) is 0 Å². The second kappa shape index (κ2) is 6.71. The molecule has 3 nitrogen and oxygen atoms in total. The van der Waals surface area contributed by atoms with Crippen molar-refractivity contribution < 1.29 is 9.21 Å². The van der Waals surface area contributed by atoms with E-state index in [1.807, 2.05) is 31.2 Å². The van der Waals surface area contributed by atoms with Crippen molar-refractivity contribution in [1.82, 2.24) is 0 Å². The number of halogens is 2. The van der Waals surface area contributed by atoms with E-state index < -0.39 is 0 Å². The molecule has 0 radical (unpaired) electrons. The molecule has 122 valence electrons. The lowest BCUT2D eigenvalue weighted by molar-refractivity contribution is 0.102. The van der Waals surface area contributed by atoms with E-state index >= 15 is 0 Å². The molecule has 0 saturated carbocycles. The summed E-state index contributed by atoms with van der Waals surface area (Å²) in [6, 6.07) is 14.6. The molecule has 5 heteroatoms. The molecule has 0 aliphatic rings. The van der Waals surface area contributed by atoms with Gasteiger partial charge in [0.15, 0.2) is 0 Å². The van der Waals surface area contributed by atoms with Gasteiger partial charge in [-0.1, -0.05) is 53.0 Å². The number of hydrogen-bond acceptors (Lipinski definition) is 2. The number of anilines is 1. The zero-order valence-electron chi connectivity index (χ0n) is 13.2. The van der Waals surface area contributed by atoms with Crippen LogP contribution in [0, 0.1) is 13.8 Å². The Labute approximate surface area is 150 Å². The monoisotopic (exact) mass is 359 g/mol. The zero-order chi connectivity index (χ0) is 17.3. The van der Waals surface area contributed by atoms with Gasteiger partial charge < -0.3 is 9.73 Å². The topological polar surface area (TPSA) is 42.2 Å². The van der Waals surface area contributed by atoms with Gasteiger partial charge in [0.2, 0.25) is 0 Å². The van der Waals surface area contributed by atoms with Gasteiger partial charge in [0.05, 0.1) is 15.6 Å². The van der Waals surface area contributed by atoms with Gasteiger partial charge in [0.1, 0.15) is 11.5 Å². The lowest BCUT2D eigenvalue weighted by atomic mass is 10.1. The first-order valence-electron chi connectivity index (χ1n) is 7.38. The quantitative estimate of drug-likeness (QED) is 0.611. The van der Waals surface area contributed by atoms with E-state index in [9.17, 15) is 4.79 Å². The van der Waals surface area contributed by atoms with E-state index in [0.717, 1.165) is 5.56 Å². The van der Waals surface area contributed by atoms with Crippen molar-refractivity contribution in [2.75, 3.05) is 5.32 Å². The Kier molecular flexibility index (Phi) is 4.65. The summed E-state index contributed by atoms with van der Waals surface area (Å²) in [5, 5.41) is 3.63. The fourth-order valence-corrected chi connectivity index (χ4v) is 2.64. The van der Waals surface area contributed by atoms with E-state index in [4.69, 9.17) is 27.6 Å². The summed E-state index contributed by atoms with van der Waals surface area (Å²) in [6.07, 6.45) is 0. The van der Waals surface area contributed by atoms with Crippen LogP contribution >= 0.6 is 23.2 Å². The Bertz CT molecular complexity index is 898. The number of aryl methyl sites for hydroxylation is 2. The lowest BCUT2D eigenvalue weighted by Crippen LogP contribution is -2.12. The Hall–Kier alpha value is -2.23. The predicted octanol–water partition coefficient (Wildman–Crippen LogP) is 6.12. The predicted molar refractivity (Wildman–Crippen MR) is 98.0 cm³/mol. The van der Waals surface area contributed by atoms with Crippen LogP contribution in [0.1, 0.15) is 21.7 Å². The van der Waals surface area contributed by atoms with Crippen LogP contribution in [0.2, 0.25) is 10.0 Å². The molecule has 0 saturated heterocycles. The van der Waals surface area contributed by atoms with Gasteiger partial charge in [-0.3, -0.25) is 4.79 Å². The van der Waals surface area contributed by atoms with Gasteiger partial charge in [-0.25, -0.2) is 0 Å². The molecule has 1 N–H and O–H groups in total. The van der Waals surface area contributed by atoms with Crippen LogP contribution in [0.4, 0.5) is 5.69 Å². The number of rotatable bonds is 3. The van der Waals surface area contributed by atoms with Crippen molar-refractivity contribution in [2.45, 2.75) is 13.8 Å². The Morgan fingerprint density at radius 2 is 1.67 bits per heavy atom. The van der Waals surface area contributed by atoms with E-state index in [-0.39, 0.29) is 5.91 Å². The van der Waals surface area contributed by atoms with Crippen LogP contribution in [-0.4, -0.2) is 5.91 Å². The van der Waals surface area contributed by atoms with Crippen LogP contribution in [0.5, 0.6) is 0 Å². The Morgan fingerprint density at radius 1 is 0.958 bits per heavy atom. The molecule has 3 aromatic rings. The average Bonchev–Trinajstić information content (AvgIpc) is 2.93. The van der Waals surface area contributed by atoms with Crippen LogP contribution in [0.25, 0.3) is 11.3 Å². The highest BCUT2D eigenvalue weighted by atomic mass is 35.5. The van der Waals surface area contributed by atoms with Crippen LogP contribution in [-0.2, 0) is 0 Å².